The van der Waals surface area contributed by atoms with Crippen LogP contribution in [0.5, 0.6) is 0 Å². The van der Waals surface area contributed by atoms with Gasteiger partial charge in [-0.25, -0.2) is 5.11 Å². The Balaban J connectivity index is 2.77. The lowest BCUT2D eigenvalue weighted by Crippen LogP contribution is -2.05. The lowest BCUT2D eigenvalue weighted by Gasteiger charge is -1.95. The largest absolute Gasteiger partial charge is 0.206 e. The summed E-state index contributed by atoms with van der Waals surface area (Å²) in [7, 11) is 0. The van der Waals surface area contributed by atoms with Gasteiger partial charge in [0.1, 0.15) is 0 Å². The van der Waals surface area contributed by atoms with Crippen LogP contribution in [0.15, 0.2) is 12.4 Å². The van der Waals surface area contributed by atoms with E-state index in [9.17, 15) is 5.11 Å². The van der Waals surface area contributed by atoms with Gasteiger partial charge in [-0.3, -0.25) is 0 Å². The molecule has 1 radical (unpaired) electrons. The summed E-state index contributed by atoms with van der Waals surface area (Å²) in [4.78, 5) is 1.11. The van der Waals surface area contributed by atoms with Gasteiger partial charge in [0, 0.05) is 0 Å². The van der Waals surface area contributed by atoms with E-state index < -0.39 is 6.23 Å². The predicted molar refractivity (Wildman–Crippen MR) is 25.4 cm³/mol. The normalized spacial score (nSPS) is 13.8. The smallest absolute Gasteiger partial charge is 0.200 e. The summed E-state index contributed by atoms with van der Waals surface area (Å²) >= 11 is 0. The fourth-order valence-corrected chi connectivity index (χ4v) is 0.414. The molecule has 1 heterocycles. The Labute approximate surface area is 46.8 Å². The van der Waals surface area contributed by atoms with Gasteiger partial charge in [0.05, 0.1) is 12.4 Å². The zero-order valence-electron chi connectivity index (χ0n) is 4.48. The fourth-order valence-electron chi connectivity index (χ4n) is 0.414. The molecule has 0 N–H and O–H groups in total. The van der Waals surface area contributed by atoms with Gasteiger partial charge in [0.15, 0.2) is 0 Å². The van der Waals surface area contributed by atoms with Crippen LogP contribution in [0.25, 0.3) is 0 Å². The Kier molecular flexibility index (Phi) is 1.26. The van der Waals surface area contributed by atoms with E-state index in [-0.39, 0.29) is 0 Å². The van der Waals surface area contributed by atoms with E-state index in [4.69, 9.17) is 0 Å². The predicted octanol–water partition coefficient (Wildman–Crippen LogP) is 0.227. The van der Waals surface area contributed by atoms with Crippen molar-refractivity contribution in [1.29, 1.82) is 0 Å². The molecule has 1 unspecified atom stereocenters. The Bertz CT molecular complexity index is 146. The van der Waals surface area contributed by atoms with Crippen LogP contribution in [0.3, 0.4) is 0 Å². The van der Waals surface area contributed by atoms with E-state index in [1.165, 1.54) is 19.3 Å². The second-order valence-corrected chi connectivity index (χ2v) is 1.45. The maximum Gasteiger partial charge on any atom is 0.200 e. The molecule has 43 valence electrons. The van der Waals surface area contributed by atoms with E-state index in [0.29, 0.717) is 0 Å². The zero-order chi connectivity index (χ0) is 5.98. The van der Waals surface area contributed by atoms with Crippen LogP contribution in [-0.2, 0) is 5.11 Å². The fraction of sp³-hybridized carbons (Fsp3) is 0.500. The number of rotatable bonds is 1. The van der Waals surface area contributed by atoms with Gasteiger partial charge < -0.3 is 0 Å². The van der Waals surface area contributed by atoms with Crippen molar-refractivity contribution in [3.05, 3.63) is 12.4 Å². The Morgan fingerprint density at radius 2 is 2.00 bits per heavy atom. The molecule has 1 aromatic rings. The second-order valence-electron chi connectivity index (χ2n) is 1.45. The number of nitrogens with zero attached hydrogens (tertiary/aromatic N) is 3. The Morgan fingerprint density at radius 1 is 1.50 bits per heavy atom. The van der Waals surface area contributed by atoms with E-state index in [1.54, 1.807) is 0 Å². The molecule has 0 bridgehead atoms. The quantitative estimate of drug-likeness (QED) is 0.522. The van der Waals surface area contributed by atoms with Gasteiger partial charge in [-0.05, 0) is 6.92 Å². The third-order valence-electron chi connectivity index (χ3n) is 0.762. The summed E-state index contributed by atoms with van der Waals surface area (Å²) in [5.74, 6) is 0. The molecule has 0 aliphatic heterocycles. The first-order valence-electron chi connectivity index (χ1n) is 2.32. The van der Waals surface area contributed by atoms with Crippen molar-refractivity contribution < 1.29 is 5.11 Å². The first-order chi connectivity index (χ1) is 3.80. The summed E-state index contributed by atoms with van der Waals surface area (Å²) in [6, 6.07) is 0. The molecule has 0 saturated heterocycles. The third kappa shape index (κ3) is 0.840. The van der Waals surface area contributed by atoms with E-state index in [2.05, 4.69) is 10.2 Å². The number of aromatic nitrogens is 3. The van der Waals surface area contributed by atoms with Crippen LogP contribution < -0.4 is 0 Å². The third-order valence-corrected chi connectivity index (χ3v) is 0.762. The molecular formula is C4H6N3O. The Hall–Kier alpha value is -0.900. The minimum absolute atomic E-state index is 0.870. The minimum atomic E-state index is -0.870. The molecule has 4 heteroatoms. The average Bonchev–Trinajstić information content (AvgIpc) is 2.12. The number of hydrogen-bond donors (Lipinski definition) is 0. The molecule has 1 atom stereocenters. The highest BCUT2D eigenvalue weighted by molar-refractivity contribution is 4.60. The summed E-state index contributed by atoms with van der Waals surface area (Å²) in [5.41, 5.74) is 0. The maximum absolute atomic E-state index is 10.4. The maximum atomic E-state index is 10.4. The highest BCUT2D eigenvalue weighted by Crippen LogP contribution is 1.92. The lowest BCUT2D eigenvalue weighted by atomic mass is 10.7. The van der Waals surface area contributed by atoms with E-state index in [0.717, 1.165) is 4.80 Å². The van der Waals surface area contributed by atoms with Gasteiger partial charge in [-0.15, -0.1) is 0 Å². The van der Waals surface area contributed by atoms with Crippen LogP contribution in [0.4, 0.5) is 0 Å². The van der Waals surface area contributed by atoms with Crippen molar-refractivity contribution in [3.63, 3.8) is 0 Å². The molecule has 0 aromatic carbocycles. The summed E-state index contributed by atoms with van der Waals surface area (Å²) < 4.78 is 0. The van der Waals surface area contributed by atoms with Crippen molar-refractivity contribution in [1.82, 2.24) is 15.0 Å². The molecule has 8 heavy (non-hydrogen) atoms. The van der Waals surface area contributed by atoms with Gasteiger partial charge in [0.2, 0.25) is 6.23 Å². The topological polar surface area (TPSA) is 50.6 Å². The lowest BCUT2D eigenvalue weighted by molar-refractivity contribution is 0.0213. The van der Waals surface area contributed by atoms with Crippen LogP contribution in [-0.4, -0.2) is 15.0 Å². The average molecular weight is 112 g/mol. The monoisotopic (exact) mass is 112 g/mol. The highest BCUT2D eigenvalue weighted by atomic mass is 16.3. The van der Waals surface area contributed by atoms with Crippen molar-refractivity contribution in [2.24, 2.45) is 0 Å². The molecular weight excluding hydrogens is 106 g/mol. The van der Waals surface area contributed by atoms with E-state index in [1.807, 2.05) is 0 Å². The van der Waals surface area contributed by atoms with Gasteiger partial charge in [-0.1, -0.05) is 0 Å². The molecule has 0 spiro atoms. The van der Waals surface area contributed by atoms with Gasteiger partial charge in [0.25, 0.3) is 0 Å². The molecule has 0 amide bonds. The molecule has 0 fully saturated rings. The molecule has 1 aromatic heterocycles. The molecule has 0 aliphatic carbocycles. The molecule has 0 aliphatic rings. The van der Waals surface area contributed by atoms with Crippen LogP contribution in [0, 0.1) is 0 Å². The van der Waals surface area contributed by atoms with Crippen molar-refractivity contribution in [2.75, 3.05) is 0 Å². The summed E-state index contributed by atoms with van der Waals surface area (Å²) in [5, 5.41) is 17.6. The summed E-state index contributed by atoms with van der Waals surface area (Å²) in [6.07, 6.45) is 2.09. The van der Waals surface area contributed by atoms with Gasteiger partial charge in [-0.2, -0.15) is 15.0 Å². The van der Waals surface area contributed by atoms with Crippen LogP contribution in [0.1, 0.15) is 13.2 Å². The summed E-state index contributed by atoms with van der Waals surface area (Å²) in [6.45, 7) is 1.49. The second kappa shape index (κ2) is 1.92. The van der Waals surface area contributed by atoms with Crippen LogP contribution >= 0.6 is 0 Å². The molecule has 0 saturated carbocycles. The van der Waals surface area contributed by atoms with E-state index >= 15 is 0 Å². The van der Waals surface area contributed by atoms with Gasteiger partial charge >= 0.3 is 0 Å². The first-order valence-corrected chi connectivity index (χ1v) is 2.32. The number of hydrogen-bond acceptors (Lipinski definition) is 2. The standard InChI is InChI=1S/C4H6N3O/c1-4(8)7-5-2-3-6-7/h2-4H,1H3. The van der Waals surface area contributed by atoms with Crippen LogP contribution in [0.2, 0.25) is 0 Å². The van der Waals surface area contributed by atoms with Crippen molar-refractivity contribution >= 4 is 0 Å². The van der Waals surface area contributed by atoms with Crippen molar-refractivity contribution in [2.45, 2.75) is 13.2 Å². The molecule has 4 nitrogen and oxygen atoms in total. The zero-order valence-corrected chi connectivity index (χ0v) is 4.48. The Morgan fingerprint density at radius 3 is 2.25 bits per heavy atom. The minimum Gasteiger partial charge on any atom is -0.206 e. The van der Waals surface area contributed by atoms with Crippen molar-refractivity contribution in [3.8, 4) is 0 Å². The first kappa shape index (κ1) is 5.24. The SMILES string of the molecule is CC([O])n1nccn1. The molecule has 1 rings (SSSR count). The highest BCUT2D eigenvalue weighted by Gasteiger charge is 1.97.